The van der Waals surface area contributed by atoms with Gasteiger partial charge in [0, 0.05) is 12.1 Å². The van der Waals surface area contributed by atoms with E-state index in [-0.39, 0.29) is 11.7 Å². The van der Waals surface area contributed by atoms with Crippen molar-refractivity contribution < 1.29 is 9.53 Å². The molecule has 0 fully saturated rings. The van der Waals surface area contributed by atoms with Gasteiger partial charge in [0.05, 0.1) is 24.1 Å². The summed E-state index contributed by atoms with van der Waals surface area (Å²) in [6.45, 7) is 3.93. The zero-order valence-electron chi connectivity index (χ0n) is 16.3. The monoisotopic (exact) mass is 373 g/mol. The van der Waals surface area contributed by atoms with Crippen LogP contribution >= 0.6 is 0 Å². The summed E-state index contributed by atoms with van der Waals surface area (Å²) in [5.41, 5.74) is 5.46. The number of methoxy groups -OCH3 is 1. The fourth-order valence-electron chi connectivity index (χ4n) is 3.79. The number of aromatic nitrogens is 2. The number of hydrogen-bond acceptors (Lipinski definition) is 5. The number of carbonyl (C=O) groups is 1. The van der Waals surface area contributed by atoms with Crippen molar-refractivity contribution in [3.05, 3.63) is 76.6 Å². The van der Waals surface area contributed by atoms with E-state index in [1.165, 1.54) is 0 Å². The van der Waals surface area contributed by atoms with Crippen LogP contribution in [-0.2, 0) is 6.42 Å². The standard InChI is InChI=1S/C23H23N3O2/c1-14-5-4-6-18(11-14)25-23-24-15(2)22-20(26-23)12-17(13-21(22)27)16-7-9-19(28-3)10-8-16/h4-11,17H,12-13H2,1-3H3,(H,24,25,26)/t17-/m1/s1. The number of carbonyl (C=O) groups excluding carboxylic acids is 1. The maximum absolute atomic E-state index is 12.8. The minimum Gasteiger partial charge on any atom is -0.497 e. The van der Waals surface area contributed by atoms with Gasteiger partial charge in [-0.1, -0.05) is 24.3 Å². The Labute approximate surface area is 164 Å². The molecule has 0 radical (unpaired) electrons. The van der Waals surface area contributed by atoms with Crippen LogP contribution in [0.1, 0.15) is 45.2 Å². The summed E-state index contributed by atoms with van der Waals surface area (Å²) in [6.07, 6.45) is 1.20. The largest absolute Gasteiger partial charge is 0.497 e. The normalized spacial score (nSPS) is 15.8. The van der Waals surface area contributed by atoms with Crippen LogP contribution in [0.4, 0.5) is 11.6 Å². The molecule has 0 saturated carbocycles. The fraction of sp³-hybridized carbons (Fsp3) is 0.261. The van der Waals surface area contributed by atoms with Gasteiger partial charge in [-0.15, -0.1) is 0 Å². The number of Topliss-reactive ketones (excluding diaryl/α,β-unsaturated/α-hetero) is 1. The van der Waals surface area contributed by atoms with E-state index in [1.54, 1.807) is 7.11 Å². The molecule has 0 aliphatic heterocycles. The molecule has 5 heteroatoms. The molecule has 0 bridgehead atoms. The zero-order valence-corrected chi connectivity index (χ0v) is 16.3. The van der Waals surface area contributed by atoms with Crippen molar-refractivity contribution in [1.29, 1.82) is 0 Å². The van der Waals surface area contributed by atoms with Crippen molar-refractivity contribution in [1.82, 2.24) is 9.97 Å². The number of anilines is 2. The lowest BCUT2D eigenvalue weighted by Gasteiger charge is -2.24. The Bertz CT molecular complexity index is 1030. The molecule has 1 aliphatic carbocycles. The molecule has 0 saturated heterocycles. The van der Waals surface area contributed by atoms with Gasteiger partial charge in [-0.2, -0.15) is 0 Å². The Hall–Kier alpha value is -3.21. The zero-order chi connectivity index (χ0) is 19.7. The number of rotatable bonds is 4. The minimum absolute atomic E-state index is 0.113. The Morgan fingerprint density at radius 1 is 1.04 bits per heavy atom. The number of aryl methyl sites for hydroxylation is 2. The highest BCUT2D eigenvalue weighted by Gasteiger charge is 2.30. The molecule has 3 aromatic rings. The molecule has 1 aliphatic rings. The lowest BCUT2D eigenvalue weighted by Crippen LogP contribution is -2.22. The fourth-order valence-corrected chi connectivity index (χ4v) is 3.79. The van der Waals surface area contributed by atoms with Crippen molar-refractivity contribution in [2.45, 2.75) is 32.6 Å². The molecule has 5 nitrogen and oxygen atoms in total. The average molecular weight is 373 g/mol. The Kier molecular flexibility index (Phi) is 4.82. The second kappa shape index (κ2) is 7.43. The van der Waals surface area contributed by atoms with Crippen molar-refractivity contribution in [2.24, 2.45) is 0 Å². The van der Waals surface area contributed by atoms with Crippen molar-refractivity contribution in [2.75, 3.05) is 12.4 Å². The first-order chi connectivity index (χ1) is 13.5. The Balaban J connectivity index is 1.64. The molecule has 0 amide bonds. The topological polar surface area (TPSA) is 64.1 Å². The van der Waals surface area contributed by atoms with Gasteiger partial charge in [-0.3, -0.25) is 4.79 Å². The molecule has 0 unspecified atom stereocenters. The third-order valence-corrected chi connectivity index (χ3v) is 5.18. The SMILES string of the molecule is COc1ccc([C@H]2CC(=O)c3c(C)nc(Nc4cccc(C)c4)nc3C2)cc1. The van der Waals surface area contributed by atoms with Gasteiger partial charge >= 0.3 is 0 Å². The van der Waals surface area contributed by atoms with Gasteiger partial charge < -0.3 is 10.1 Å². The van der Waals surface area contributed by atoms with E-state index >= 15 is 0 Å². The second-order valence-electron chi connectivity index (χ2n) is 7.25. The summed E-state index contributed by atoms with van der Waals surface area (Å²) in [6, 6.07) is 16.0. The molecular formula is C23H23N3O2. The highest BCUT2D eigenvalue weighted by molar-refractivity contribution is 5.99. The van der Waals surface area contributed by atoms with Crippen LogP contribution in [0.5, 0.6) is 5.75 Å². The van der Waals surface area contributed by atoms with Crippen LogP contribution in [0.3, 0.4) is 0 Å². The lowest BCUT2D eigenvalue weighted by atomic mass is 9.81. The second-order valence-corrected chi connectivity index (χ2v) is 7.25. The number of benzene rings is 2. The van der Waals surface area contributed by atoms with E-state index in [0.717, 1.165) is 40.4 Å². The Morgan fingerprint density at radius 3 is 2.54 bits per heavy atom. The van der Waals surface area contributed by atoms with Gasteiger partial charge in [-0.25, -0.2) is 9.97 Å². The number of ether oxygens (including phenoxy) is 1. The molecule has 0 spiro atoms. The molecule has 28 heavy (non-hydrogen) atoms. The molecule has 1 N–H and O–H groups in total. The number of hydrogen-bond donors (Lipinski definition) is 1. The predicted octanol–water partition coefficient (Wildman–Crippen LogP) is 4.76. The average Bonchev–Trinajstić information content (AvgIpc) is 2.67. The van der Waals surface area contributed by atoms with E-state index in [2.05, 4.69) is 10.3 Å². The van der Waals surface area contributed by atoms with Crippen LogP contribution in [0, 0.1) is 13.8 Å². The highest BCUT2D eigenvalue weighted by Crippen LogP contribution is 2.34. The van der Waals surface area contributed by atoms with Gasteiger partial charge in [-0.05, 0) is 61.6 Å². The van der Waals surface area contributed by atoms with Gasteiger partial charge in [0.1, 0.15) is 5.75 Å². The third kappa shape index (κ3) is 3.60. The number of fused-ring (bicyclic) bond motifs is 1. The van der Waals surface area contributed by atoms with Crippen LogP contribution in [0.2, 0.25) is 0 Å². The molecule has 4 rings (SSSR count). The summed E-state index contributed by atoms with van der Waals surface area (Å²) in [7, 11) is 1.65. The summed E-state index contributed by atoms with van der Waals surface area (Å²) in [4.78, 5) is 22.0. The molecule has 1 aromatic heterocycles. The van der Waals surface area contributed by atoms with E-state index in [9.17, 15) is 4.79 Å². The van der Waals surface area contributed by atoms with Crippen molar-refractivity contribution in [3.8, 4) is 5.75 Å². The van der Waals surface area contributed by atoms with Crippen LogP contribution < -0.4 is 10.1 Å². The summed E-state index contributed by atoms with van der Waals surface area (Å²) < 4.78 is 5.23. The van der Waals surface area contributed by atoms with Crippen LogP contribution in [0.25, 0.3) is 0 Å². The van der Waals surface area contributed by atoms with E-state index in [1.807, 2.05) is 62.4 Å². The summed E-state index contributed by atoms with van der Waals surface area (Å²) in [5, 5.41) is 3.27. The van der Waals surface area contributed by atoms with E-state index < -0.39 is 0 Å². The first-order valence-corrected chi connectivity index (χ1v) is 9.42. The van der Waals surface area contributed by atoms with Crippen molar-refractivity contribution in [3.63, 3.8) is 0 Å². The maximum atomic E-state index is 12.8. The van der Waals surface area contributed by atoms with Gasteiger partial charge in [0.2, 0.25) is 5.95 Å². The highest BCUT2D eigenvalue weighted by atomic mass is 16.5. The third-order valence-electron chi connectivity index (χ3n) is 5.18. The predicted molar refractivity (Wildman–Crippen MR) is 110 cm³/mol. The number of nitrogens with zero attached hydrogens (tertiary/aromatic N) is 2. The Morgan fingerprint density at radius 2 is 1.82 bits per heavy atom. The summed E-state index contributed by atoms with van der Waals surface area (Å²) in [5.74, 6) is 1.58. The van der Waals surface area contributed by atoms with E-state index in [4.69, 9.17) is 9.72 Å². The van der Waals surface area contributed by atoms with Gasteiger partial charge in [0.15, 0.2) is 5.78 Å². The first kappa shape index (κ1) is 18.2. The molecule has 1 heterocycles. The van der Waals surface area contributed by atoms with Crippen LogP contribution in [-0.4, -0.2) is 22.9 Å². The molecule has 2 aromatic carbocycles. The molecular weight excluding hydrogens is 350 g/mol. The van der Waals surface area contributed by atoms with Crippen molar-refractivity contribution >= 4 is 17.4 Å². The number of nitrogens with one attached hydrogen (secondary N) is 1. The molecule has 142 valence electrons. The summed E-state index contributed by atoms with van der Waals surface area (Å²) >= 11 is 0. The van der Waals surface area contributed by atoms with E-state index in [0.29, 0.717) is 17.9 Å². The quantitative estimate of drug-likeness (QED) is 0.714. The first-order valence-electron chi connectivity index (χ1n) is 9.42. The maximum Gasteiger partial charge on any atom is 0.227 e. The van der Waals surface area contributed by atoms with Gasteiger partial charge in [0.25, 0.3) is 0 Å². The molecule has 1 atom stereocenters. The van der Waals surface area contributed by atoms with Crippen LogP contribution in [0.15, 0.2) is 48.5 Å². The minimum atomic E-state index is 0.113. The lowest BCUT2D eigenvalue weighted by molar-refractivity contribution is 0.0962. The smallest absolute Gasteiger partial charge is 0.227 e. The number of ketones is 1.